The molecule has 0 spiro atoms. The van der Waals surface area contributed by atoms with Gasteiger partial charge < -0.3 is 14.6 Å². The summed E-state index contributed by atoms with van der Waals surface area (Å²) in [6, 6.07) is 0. The molecule has 1 heterocycles. The number of hydrogen-bond acceptors (Lipinski definition) is 4. The first-order valence-corrected chi connectivity index (χ1v) is 6.67. The summed E-state index contributed by atoms with van der Waals surface area (Å²) in [7, 11) is 0. The molecule has 13 heteroatoms. The second-order valence-electron chi connectivity index (χ2n) is 5.79. The Balaban J connectivity index is 3.62. The van der Waals surface area contributed by atoms with Crippen molar-refractivity contribution < 1.29 is 58.9 Å². The lowest BCUT2D eigenvalue weighted by atomic mass is 9.77. The van der Waals surface area contributed by atoms with Crippen LogP contribution in [0.5, 0.6) is 0 Å². The van der Waals surface area contributed by atoms with Crippen molar-refractivity contribution in [2.45, 2.75) is 68.6 Å². The molecule has 0 aliphatic carbocycles. The third-order valence-corrected chi connectivity index (χ3v) is 3.70. The van der Waals surface area contributed by atoms with E-state index in [1.807, 2.05) is 0 Å². The van der Waals surface area contributed by atoms with Gasteiger partial charge in [0, 0.05) is 12.8 Å². The Bertz CT molecular complexity index is 496. The number of ether oxygens (including phenoxy) is 2. The Morgan fingerprint density at radius 3 is 1.80 bits per heavy atom. The maximum atomic E-state index is 13.4. The van der Waals surface area contributed by atoms with Crippen LogP contribution >= 0.6 is 0 Å². The van der Waals surface area contributed by atoms with Crippen molar-refractivity contribution in [1.29, 1.82) is 0 Å². The number of alkyl halides is 9. The molecule has 0 saturated carbocycles. The number of esters is 1. The lowest BCUT2D eigenvalue weighted by Crippen LogP contribution is -2.71. The number of halogens is 9. The van der Waals surface area contributed by atoms with Crippen LogP contribution in [0.25, 0.3) is 0 Å². The number of rotatable bonds is 2. The molecule has 0 amide bonds. The molecule has 0 aromatic heterocycles. The van der Waals surface area contributed by atoms with Crippen LogP contribution in [0.3, 0.4) is 0 Å². The van der Waals surface area contributed by atoms with Crippen molar-refractivity contribution in [3.05, 3.63) is 0 Å². The second kappa shape index (κ2) is 5.89. The minimum Gasteiger partial charge on any atom is -0.449 e. The van der Waals surface area contributed by atoms with Gasteiger partial charge in [-0.25, -0.2) is 0 Å². The van der Waals surface area contributed by atoms with Gasteiger partial charge >= 0.3 is 24.5 Å². The van der Waals surface area contributed by atoms with Crippen molar-refractivity contribution in [3.8, 4) is 0 Å². The topological polar surface area (TPSA) is 55.8 Å². The molecule has 25 heavy (non-hydrogen) atoms. The lowest BCUT2D eigenvalue weighted by molar-refractivity contribution is -0.470. The van der Waals surface area contributed by atoms with Gasteiger partial charge in [-0.1, -0.05) is 6.92 Å². The predicted octanol–water partition coefficient (Wildman–Crippen LogP) is 3.62. The normalized spacial score (nSPS) is 34.7. The summed E-state index contributed by atoms with van der Waals surface area (Å²) in [5, 5.41) is 9.45. The molecule has 3 unspecified atom stereocenters. The largest absolute Gasteiger partial charge is 0.449 e. The fourth-order valence-electron chi connectivity index (χ4n) is 2.38. The molecule has 1 aliphatic heterocycles. The Hall–Kier alpha value is -1.24. The highest BCUT2D eigenvalue weighted by atomic mass is 19.4. The summed E-state index contributed by atoms with van der Waals surface area (Å²) >= 11 is 0. The SMILES string of the molecule is CCC(=O)OC1(C(F)(F)F)CC(C)(C(F)(F)F)OC(O)(C(F)(F)F)C1. The number of carbonyl (C=O) groups is 1. The fraction of sp³-hybridized carbons (Fsp3) is 0.917. The zero-order valence-corrected chi connectivity index (χ0v) is 12.7. The molecular weight excluding hydrogens is 379 g/mol. The van der Waals surface area contributed by atoms with E-state index >= 15 is 0 Å². The highest BCUT2D eigenvalue weighted by molar-refractivity contribution is 5.69. The molecule has 0 aromatic rings. The van der Waals surface area contributed by atoms with Crippen LogP contribution in [0.4, 0.5) is 39.5 Å². The van der Waals surface area contributed by atoms with Crippen LogP contribution in [0.2, 0.25) is 0 Å². The quantitative estimate of drug-likeness (QED) is 0.576. The molecule has 1 aliphatic rings. The maximum absolute atomic E-state index is 13.4. The van der Waals surface area contributed by atoms with Gasteiger partial charge in [-0.2, -0.15) is 39.5 Å². The molecule has 1 fully saturated rings. The van der Waals surface area contributed by atoms with Crippen molar-refractivity contribution in [2.24, 2.45) is 0 Å². The van der Waals surface area contributed by atoms with Crippen LogP contribution in [-0.4, -0.2) is 46.6 Å². The third-order valence-electron chi connectivity index (χ3n) is 3.70. The summed E-state index contributed by atoms with van der Waals surface area (Å²) in [6.45, 7) is 0.897. The Morgan fingerprint density at radius 2 is 1.48 bits per heavy atom. The number of aliphatic hydroxyl groups is 1. The highest BCUT2D eigenvalue weighted by Crippen LogP contribution is 2.57. The van der Waals surface area contributed by atoms with Crippen LogP contribution in [0.15, 0.2) is 0 Å². The lowest BCUT2D eigenvalue weighted by Gasteiger charge is -2.52. The van der Waals surface area contributed by atoms with Gasteiger partial charge in [-0.05, 0) is 6.92 Å². The third kappa shape index (κ3) is 3.81. The van der Waals surface area contributed by atoms with Gasteiger partial charge in [0.2, 0.25) is 5.60 Å². The zero-order chi connectivity index (χ0) is 20.1. The van der Waals surface area contributed by atoms with Gasteiger partial charge in [0.25, 0.3) is 5.79 Å². The summed E-state index contributed by atoms with van der Waals surface area (Å²) in [4.78, 5) is 11.2. The van der Waals surface area contributed by atoms with Crippen LogP contribution in [-0.2, 0) is 14.3 Å². The maximum Gasteiger partial charge on any atom is 0.443 e. The summed E-state index contributed by atoms with van der Waals surface area (Å²) < 4.78 is 126. The molecule has 148 valence electrons. The van der Waals surface area contributed by atoms with Gasteiger partial charge in [-0.3, -0.25) is 4.79 Å². The van der Waals surface area contributed by atoms with E-state index in [9.17, 15) is 49.4 Å². The van der Waals surface area contributed by atoms with E-state index in [1.165, 1.54) is 0 Å². The molecular formula is C12H13F9O4. The van der Waals surface area contributed by atoms with E-state index < -0.39 is 60.7 Å². The van der Waals surface area contributed by atoms with Crippen molar-refractivity contribution in [1.82, 2.24) is 0 Å². The zero-order valence-electron chi connectivity index (χ0n) is 12.7. The van der Waals surface area contributed by atoms with Crippen molar-refractivity contribution in [3.63, 3.8) is 0 Å². The smallest absolute Gasteiger partial charge is 0.443 e. The average Bonchev–Trinajstić information content (AvgIpc) is 2.33. The molecule has 3 atom stereocenters. The molecule has 1 N–H and O–H groups in total. The highest BCUT2D eigenvalue weighted by Gasteiger charge is 2.77. The van der Waals surface area contributed by atoms with Gasteiger partial charge in [0.1, 0.15) is 0 Å². The van der Waals surface area contributed by atoms with E-state index in [-0.39, 0.29) is 6.92 Å². The van der Waals surface area contributed by atoms with Gasteiger partial charge in [-0.15, -0.1) is 0 Å². The molecule has 1 saturated heterocycles. The number of hydrogen-bond donors (Lipinski definition) is 1. The first-order valence-electron chi connectivity index (χ1n) is 6.67. The Labute approximate surface area is 134 Å². The molecule has 0 aromatic carbocycles. The number of carbonyl (C=O) groups excluding carboxylic acids is 1. The molecule has 0 radical (unpaired) electrons. The summed E-state index contributed by atoms with van der Waals surface area (Å²) in [6.07, 6.45) is -23.0. The molecule has 0 bridgehead atoms. The summed E-state index contributed by atoms with van der Waals surface area (Å²) in [5.74, 6) is -6.52. The van der Waals surface area contributed by atoms with Crippen molar-refractivity contribution >= 4 is 5.97 Å². The second-order valence-corrected chi connectivity index (χ2v) is 5.79. The van der Waals surface area contributed by atoms with Crippen LogP contribution in [0.1, 0.15) is 33.1 Å². The van der Waals surface area contributed by atoms with E-state index in [4.69, 9.17) is 0 Å². The average molecular weight is 392 g/mol. The Morgan fingerprint density at radius 1 is 1.00 bits per heavy atom. The molecule has 4 nitrogen and oxygen atoms in total. The van der Waals surface area contributed by atoms with Gasteiger partial charge in [0.15, 0.2) is 5.60 Å². The van der Waals surface area contributed by atoms with E-state index in [1.54, 1.807) is 0 Å². The van der Waals surface area contributed by atoms with Crippen LogP contribution < -0.4 is 0 Å². The fourth-order valence-corrected chi connectivity index (χ4v) is 2.38. The first-order chi connectivity index (χ1) is 10.8. The van der Waals surface area contributed by atoms with Crippen molar-refractivity contribution in [2.75, 3.05) is 0 Å². The van der Waals surface area contributed by atoms with E-state index in [2.05, 4.69) is 9.47 Å². The monoisotopic (exact) mass is 392 g/mol. The standard InChI is InChI=1S/C12H13F9O4/c1-3-6(22)24-8(11(16,17)18)4-7(2,10(13,14)15)25-9(23,5-8)12(19,20)21/h23H,3-5H2,1-2H3. The molecule has 1 rings (SSSR count). The Kier molecular flexibility index (Phi) is 5.14. The van der Waals surface area contributed by atoms with Gasteiger partial charge in [0.05, 0.1) is 6.42 Å². The first kappa shape index (κ1) is 21.8. The van der Waals surface area contributed by atoms with E-state index in [0.29, 0.717) is 0 Å². The summed E-state index contributed by atoms with van der Waals surface area (Å²) in [5.41, 5.74) is -8.33. The van der Waals surface area contributed by atoms with E-state index in [0.717, 1.165) is 6.92 Å². The predicted molar refractivity (Wildman–Crippen MR) is 61.0 cm³/mol. The minimum absolute atomic E-state index is 0.0941. The minimum atomic E-state index is -6.02. The van der Waals surface area contributed by atoms with Crippen LogP contribution in [0, 0.1) is 0 Å².